The van der Waals surface area contributed by atoms with Crippen molar-refractivity contribution in [1.29, 1.82) is 0 Å². The first kappa shape index (κ1) is 14.0. The van der Waals surface area contributed by atoms with Gasteiger partial charge in [-0.2, -0.15) is 5.10 Å². The van der Waals surface area contributed by atoms with Crippen molar-refractivity contribution >= 4 is 22.0 Å². The van der Waals surface area contributed by atoms with Crippen LogP contribution in [0.4, 0.5) is 4.79 Å². The van der Waals surface area contributed by atoms with E-state index in [9.17, 15) is 4.79 Å². The van der Waals surface area contributed by atoms with Crippen molar-refractivity contribution in [2.75, 3.05) is 13.2 Å². The van der Waals surface area contributed by atoms with Gasteiger partial charge in [-0.05, 0) is 29.8 Å². The maximum absolute atomic E-state index is 10.3. The summed E-state index contributed by atoms with van der Waals surface area (Å²) in [6.45, 7) is 6.31. The molecule has 3 N–H and O–H groups in total. The van der Waals surface area contributed by atoms with E-state index in [0.717, 1.165) is 22.4 Å². The molecule has 0 aliphatic heterocycles. The summed E-state index contributed by atoms with van der Waals surface area (Å²) in [5, 5.41) is 7.54. The molecule has 1 aromatic rings. The summed E-state index contributed by atoms with van der Waals surface area (Å²) in [5.41, 5.74) is 6.90. The number of nitrogens with zero attached hydrogens (tertiary/aromatic N) is 2. The number of ether oxygens (including phenoxy) is 1. The highest BCUT2D eigenvalue weighted by molar-refractivity contribution is 9.10. The van der Waals surface area contributed by atoms with Gasteiger partial charge in [0.15, 0.2) is 0 Å². The Morgan fingerprint density at radius 1 is 1.65 bits per heavy atom. The van der Waals surface area contributed by atoms with Gasteiger partial charge < -0.3 is 15.8 Å². The number of nitrogens with two attached hydrogens (primary N) is 1. The molecular formula is C10H17BrN4O2. The first-order chi connectivity index (χ1) is 8.06. The summed E-state index contributed by atoms with van der Waals surface area (Å²) < 4.78 is 7.56. The fourth-order valence-corrected chi connectivity index (χ4v) is 1.89. The molecule has 0 radical (unpaired) electrons. The largest absolute Gasteiger partial charge is 0.448 e. The third-order valence-electron chi connectivity index (χ3n) is 2.27. The van der Waals surface area contributed by atoms with Gasteiger partial charge in [0.2, 0.25) is 0 Å². The molecule has 0 saturated heterocycles. The Kier molecular flexibility index (Phi) is 5.43. The molecule has 17 heavy (non-hydrogen) atoms. The number of primary amides is 1. The van der Waals surface area contributed by atoms with E-state index >= 15 is 0 Å². The molecule has 0 unspecified atom stereocenters. The SMILES string of the molecule is CCn1nc(C)c(Br)c1CNCCOC(N)=O. The van der Waals surface area contributed by atoms with Crippen molar-refractivity contribution < 1.29 is 9.53 Å². The van der Waals surface area contributed by atoms with Crippen molar-refractivity contribution in [3.63, 3.8) is 0 Å². The second-order valence-electron chi connectivity index (χ2n) is 3.51. The molecule has 0 saturated carbocycles. The number of hydrogen-bond acceptors (Lipinski definition) is 4. The van der Waals surface area contributed by atoms with Gasteiger partial charge in [0, 0.05) is 19.6 Å². The van der Waals surface area contributed by atoms with Crippen LogP contribution in [0, 0.1) is 6.92 Å². The topological polar surface area (TPSA) is 82.2 Å². The van der Waals surface area contributed by atoms with Crippen LogP contribution in [-0.4, -0.2) is 29.0 Å². The molecule has 1 aromatic heterocycles. The number of aromatic nitrogens is 2. The zero-order valence-corrected chi connectivity index (χ0v) is 11.6. The maximum atomic E-state index is 10.3. The first-order valence-corrected chi connectivity index (χ1v) is 6.20. The van der Waals surface area contributed by atoms with Crippen LogP contribution in [0.3, 0.4) is 0 Å². The summed E-state index contributed by atoms with van der Waals surface area (Å²) in [7, 11) is 0. The molecule has 0 aromatic carbocycles. The molecule has 96 valence electrons. The van der Waals surface area contributed by atoms with Crippen LogP contribution < -0.4 is 11.1 Å². The fraction of sp³-hybridized carbons (Fsp3) is 0.600. The van der Waals surface area contributed by atoms with Crippen molar-refractivity contribution in [1.82, 2.24) is 15.1 Å². The van der Waals surface area contributed by atoms with Gasteiger partial charge >= 0.3 is 6.09 Å². The van der Waals surface area contributed by atoms with Gasteiger partial charge in [0.05, 0.1) is 15.9 Å². The lowest BCUT2D eigenvalue weighted by molar-refractivity contribution is 0.157. The van der Waals surface area contributed by atoms with Gasteiger partial charge in [-0.3, -0.25) is 4.68 Å². The van der Waals surface area contributed by atoms with Gasteiger partial charge in [0.25, 0.3) is 0 Å². The summed E-state index contributed by atoms with van der Waals surface area (Å²) in [5.74, 6) is 0. The van der Waals surface area contributed by atoms with Gasteiger partial charge in [-0.1, -0.05) is 0 Å². The van der Waals surface area contributed by atoms with Crippen LogP contribution in [0.1, 0.15) is 18.3 Å². The van der Waals surface area contributed by atoms with Gasteiger partial charge in [-0.15, -0.1) is 0 Å². The summed E-state index contributed by atoms with van der Waals surface area (Å²) in [4.78, 5) is 10.3. The highest BCUT2D eigenvalue weighted by Crippen LogP contribution is 2.20. The van der Waals surface area contributed by atoms with Crippen LogP contribution in [0.15, 0.2) is 4.47 Å². The van der Waals surface area contributed by atoms with Crippen LogP contribution in [-0.2, 0) is 17.8 Å². The standard InChI is InChI=1S/C10H17BrN4O2/c1-3-15-8(9(11)7(2)14-15)6-13-4-5-17-10(12)16/h13H,3-6H2,1-2H3,(H2,12,16). The van der Waals surface area contributed by atoms with Crippen LogP contribution in [0.2, 0.25) is 0 Å². The highest BCUT2D eigenvalue weighted by Gasteiger charge is 2.11. The van der Waals surface area contributed by atoms with E-state index in [1.54, 1.807) is 0 Å². The van der Waals surface area contributed by atoms with Crippen molar-refractivity contribution in [3.8, 4) is 0 Å². The fourth-order valence-electron chi connectivity index (χ4n) is 1.47. The zero-order chi connectivity index (χ0) is 12.8. The van der Waals surface area contributed by atoms with E-state index in [4.69, 9.17) is 5.73 Å². The zero-order valence-electron chi connectivity index (χ0n) is 9.99. The Balaban J connectivity index is 2.43. The predicted octanol–water partition coefficient (Wildman–Crippen LogP) is 1.16. The molecule has 0 aliphatic rings. The molecule has 6 nitrogen and oxygen atoms in total. The number of amides is 1. The van der Waals surface area contributed by atoms with E-state index in [1.165, 1.54) is 0 Å². The molecular weight excluding hydrogens is 288 g/mol. The lowest BCUT2D eigenvalue weighted by Crippen LogP contribution is -2.24. The van der Waals surface area contributed by atoms with Crippen LogP contribution in [0.25, 0.3) is 0 Å². The normalized spacial score (nSPS) is 10.5. The Morgan fingerprint density at radius 2 is 2.35 bits per heavy atom. The third-order valence-corrected chi connectivity index (χ3v) is 3.30. The van der Waals surface area contributed by atoms with Crippen molar-refractivity contribution in [2.24, 2.45) is 5.73 Å². The first-order valence-electron chi connectivity index (χ1n) is 5.41. The van der Waals surface area contributed by atoms with E-state index < -0.39 is 6.09 Å². The lowest BCUT2D eigenvalue weighted by atomic mass is 10.3. The van der Waals surface area contributed by atoms with Crippen molar-refractivity contribution in [3.05, 3.63) is 15.9 Å². The number of halogens is 1. The lowest BCUT2D eigenvalue weighted by Gasteiger charge is -2.07. The van der Waals surface area contributed by atoms with E-state index in [0.29, 0.717) is 13.1 Å². The van der Waals surface area contributed by atoms with Crippen LogP contribution in [0.5, 0.6) is 0 Å². The second kappa shape index (κ2) is 6.61. The second-order valence-corrected chi connectivity index (χ2v) is 4.30. The average Bonchev–Trinajstić information content (AvgIpc) is 2.55. The van der Waals surface area contributed by atoms with Gasteiger partial charge in [0.1, 0.15) is 6.61 Å². The number of carbonyl (C=O) groups excluding carboxylic acids is 1. The molecule has 0 spiro atoms. The molecule has 0 atom stereocenters. The minimum absolute atomic E-state index is 0.270. The monoisotopic (exact) mass is 304 g/mol. The predicted molar refractivity (Wildman–Crippen MR) is 67.6 cm³/mol. The average molecular weight is 305 g/mol. The Morgan fingerprint density at radius 3 is 2.94 bits per heavy atom. The minimum Gasteiger partial charge on any atom is -0.448 e. The Labute approximate surface area is 109 Å². The van der Waals surface area contributed by atoms with E-state index in [-0.39, 0.29) is 6.61 Å². The Hall–Kier alpha value is -1.08. The molecule has 1 rings (SSSR count). The minimum atomic E-state index is -0.748. The molecule has 0 bridgehead atoms. The van der Waals surface area contributed by atoms with Crippen molar-refractivity contribution in [2.45, 2.75) is 26.9 Å². The number of aryl methyl sites for hydroxylation is 2. The quantitative estimate of drug-likeness (QED) is 0.773. The van der Waals surface area contributed by atoms with E-state index in [1.807, 2.05) is 18.5 Å². The summed E-state index contributed by atoms with van der Waals surface area (Å²) in [6, 6.07) is 0. The highest BCUT2D eigenvalue weighted by atomic mass is 79.9. The summed E-state index contributed by atoms with van der Waals surface area (Å²) in [6.07, 6.45) is -0.748. The molecule has 1 amide bonds. The molecule has 0 aliphatic carbocycles. The maximum Gasteiger partial charge on any atom is 0.404 e. The summed E-state index contributed by atoms with van der Waals surface area (Å²) >= 11 is 3.51. The smallest absolute Gasteiger partial charge is 0.404 e. The van der Waals surface area contributed by atoms with Gasteiger partial charge in [-0.25, -0.2) is 4.79 Å². The third kappa shape index (κ3) is 4.01. The van der Waals surface area contributed by atoms with E-state index in [2.05, 4.69) is 31.1 Å². The Bertz CT molecular complexity index is 392. The number of rotatable bonds is 6. The number of carbonyl (C=O) groups is 1. The molecule has 7 heteroatoms. The molecule has 0 fully saturated rings. The molecule has 1 heterocycles. The van der Waals surface area contributed by atoms with Crippen LogP contribution >= 0.6 is 15.9 Å². The number of hydrogen-bond donors (Lipinski definition) is 2. The number of nitrogens with one attached hydrogen (secondary N) is 1.